The maximum absolute atomic E-state index is 13.4. The van der Waals surface area contributed by atoms with Gasteiger partial charge < -0.3 is 19.5 Å². The molecule has 0 bridgehead atoms. The van der Waals surface area contributed by atoms with Gasteiger partial charge in [0, 0.05) is 31.7 Å². The van der Waals surface area contributed by atoms with Crippen LogP contribution in [0.15, 0.2) is 30.3 Å². The van der Waals surface area contributed by atoms with Gasteiger partial charge in [-0.2, -0.15) is 4.37 Å². The number of benzene rings is 1. The molecule has 2 aromatic heterocycles. The maximum Gasteiger partial charge on any atom is 0.407 e. The molecular formula is C23H23FN6O3S. The lowest BCUT2D eigenvalue weighted by atomic mass is 9.98. The van der Waals surface area contributed by atoms with Crippen molar-refractivity contribution in [3.05, 3.63) is 58.9 Å². The number of halogens is 1. The molecule has 0 saturated carbocycles. The van der Waals surface area contributed by atoms with Crippen molar-refractivity contribution in [2.24, 2.45) is 0 Å². The summed E-state index contributed by atoms with van der Waals surface area (Å²) in [6.07, 6.45) is 1.48. The largest absolute Gasteiger partial charge is 0.465 e. The number of nitrogens with zero attached hydrogens (tertiary/aromatic N) is 6. The second-order valence-corrected chi connectivity index (χ2v) is 9.11. The zero-order valence-electron chi connectivity index (χ0n) is 18.7. The fourth-order valence-corrected chi connectivity index (χ4v) is 5.22. The fraction of sp³-hybridized carbons (Fsp3) is 0.348. The fourth-order valence-electron chi connectivity index (χ4n) is 4.55. The van der Waals surface area contributed by atoms with Gasteiger partial charge in [0.15, 0.2) is 10.8 Å². The lowest BCUT2D eigenvalue weighted by Gasteiger charge is -2.36. The van der Waals surface area contributed by atoms with Crippen LogP contribution in [0.4, 0.5) is 9.18 Å². The molecule has 1 unspecified atom stereocenters. The summed E-state index contributed by atoms with van der Waals surface area (Å²) in [6, 6.07) is 5.27. The molecule has 0 fully saturated rings. The maximum atomic E-state index is 13.4. The summed E-state index contributed by atoms with van der Waals surface area (Å²) in [7, 11) is 0. The molecule has 5 rings (SSSR count). The normalized spacial score (nSPS) is 18.0. The van der Waals surface area contributed by atoms with Gasteiger partial charge in [-0.25, -0.2) is 19.2 Å². The molecule has 11 heteroatoms. The van der Waals surface area contributed by atoms with Crippen LogP contribution in [0.1, 0.15) is 47.0 Å². The number of amides is 2. The van der Waals surface area contributed by atoms with Gasteiger partial charge in [0.1, 0.15) is 11.6 Å². The number of carbonyl (C=O) groups excluding carboxylic acids is 1. The smallest absolute Gasteiger partial charge is 0.407 e. The predicted molar refractivity (Wildman–Crippen MR) is 124 cm³/mol. The van der Waals surface area contributed by atoms with Crippen molar-refractivity contribution >= 4 is 29.1 Å². The van der Waals surface area contributed by atoms with E-state index in [1.54, 1.807) is 4.90 Å². The van der Waals surface area contributed by atoms with Crippen LogP contribution >= 0.6 is 11.5 Å². The Morgan fingerprint density at radius 2 is 1.91 bits per heavy atom. The molecule has 1 aromatic carbocycles. The van der Waals surface area contributed by atoms with Gasteiger partial charge in [-0.1, -0.05) is 6.08 Å². The van der Waals surface area contributed by atoms with Crippen molar-refractivity contribution in [2.45, 2.75) is 32.9 Å². The Morgan fingerprint density at radius 3 is 2.53 bits per heavy atom. The number of hydrogen-bond acceptors (Lipinski definition) is 6. The van der Waals surface area contributed by atoms with Gasteiger partial charge in [-0.15, -0.1) is 0 Å². The second kappa shape index (κ2) is 8.64. The average Bonchev–Trinajstić information content (AvgIpc) is 3.43. The first-order valence-electron chi connectivity index (χ1n) is 11.0. The molecule has 1 N–H and O–H groups in total. The second-order valence-electron chi connectivity index (χ2n) is 8.36. The summed E-state index contributed by atoms with van der Waals surface area (Å²) < 4.78 is 19.8. The minimum atomic E-state index is -0.948. The standard InChI is InChI=1S/C23H23FN6O3S/c1-13-19-18(15-7-9-28(10-8-15)23(32)33)26-20(21-25-14(2)27-34-21)30(19)12-11-29(13)22(31)16-3-5-17(24)6-4-16/h3-7,13H,8-12H2,1-2H3,(H,32,33). The summed E-state index contributed by atoms with van der Waals surface area (Å²) >= 11 is 1.28. The zero-order chi connectivity index (χ0) is 24.0. The van der Waals surface area contributed by atoms with Gasteiger partial charge in [0.25, 0.3) is 5.91 Å². The summed E-state index contributed by atoms with van der Waals surface area (Å²) in [6.45, 7) is 5.46. The van der Waals surface area contributed by atoms with Crippen LogP contribution in [0.5, 0.6) is 0 Å². The molecule has 0 spiro atoms. The highest BCUT2D eigenvalue weighted by atomic mass is 32.1. The highest BCUT2D eigenvalue weighted by molar-refractivity contribution is 7.09. The van der Waals surface area contributed by atoms with Crippen molar-refractivity contribution in [3.8, 4) is 10.8 Å². The molecule has 0 radical (unpaired) electrons. The van der Waals surface area contributed by atoms with Crippen LogP contribution in [0.3, 0.4) is 0 Å². The number of fused-ring (bicyclic) bond motifs is 1. The van der Waals surface area contributed by atoms with Gasteiger partial charge >= 0.3 is 6.09 Å². The molecule has 0 saturated heterocycles. The Morgan fingerprint density at radius 1 is 1.15 bits per heavy atom. The number of aromatic nitrogens is 4. The molecule has 1 atom stereocenters. The van der Waals surface area contributed by atoms with E-state index in [1.165, 1.54) is 40.7 Å². The summed E-state index contributed by atoms with van der Waals surface area (Å²) in [5, 5.41) is 10.0. The molecular weight excluding hydrogens is 459 g/mol. The van der Waals surface area contributed by atoms with Crippen LogP contribution in [-0.2, 0) is 6.54 Å². The molecule has 4 heterocycles. The third-order valence-electron chi connectivity index (χ3n) is 6.29. The zero-order valence-corrected chi connectivity index (χ0v) is 19.5. The first-order chi connectivity index (χ1) is 16.3. The van der Waals surface area contributed by atoms with Gasteiger partial charge in [-0.05, 0) is 61.6 Å². The Kier molecular flexibility index (Phi) is 5.64. The lowest BCUT2D eigenvalue weighted by molar-refractivity contribution is 0.0644. The third kappa shape index (κ3) is 3.85. The van der Waals surface area contributed by atoms with E-state index in [2.05, 4.69) is 13.9 Å². The quantitative estimate of drug-likeness (QED) is 0.608. The Hall–Kier alpha value is -3.60. The molecule has 3 aromatic rings. The molecule has 2 amide bonds. The Bertz CT molecular complexity index is 1300. The molecule has 2 aliphatic heterocycles. The van der Waals surface area contributed by atoms with Crippen LogP contribution in [0.2, 0.25) is 0 Å². The summed E-state index contributed by atoms with van der Waals surface area (Å²) in [5.74, 6) is 0.817. The van der Waals surface area contributed by atoms with E-state index in [0.717, 1.165) is 17.0 Å². The van der Waals surface area contributed by atoms with Crippen molar-refractivity contribution in [1.29, 1.82) is 0 Å². The third-order valence-corrected chi connectivity index (χ3v) is 7.09. The van der Waals surface area contributed by atoms with E-state index in [0.29, 0.717) is 48.3 Å². The molecule has 2 aliphatic rings. The van der Waals surface area contributed by atoms with Crippen LogP contribution < -0.4 is 0 Å². The lowest BCUT2D eigenvalue weighted by Crippen LogP contribution is -2.41. The highest BCUT2D eigenvalue weighted by Crippen LogP contribution is 2.38. The van der Waals surface area contributed by atoms with Crippen molar-refractivity contribution in [2.75, 3.05) is 19.6 Å². The van der Waals surface area contributed by atoms with Crippen molar-refractivity contribution in [1.82, 2.24) is 28.7 Å². The molecule has 176 valence electrons. The van der Waals surface area contributed by atoms with Crippen LogP contribution in [0, 0.1) is 12.7 Å². The Balaban J connectivity index is 1.56. The first kappa shape index (κ1) is 22.2. The van der Waals surface area contributed by atoms with E-state index in [9.17, 15) is 19.1 Å². The minimum absolute atomic E-state index is 0.172. The van der Waals surface area contributed by atoms with Gasteiger partial charge in [0.05, 0.1) is 17.4 Å². The number of hydrogen-bond donors (Lipinski definition) is 1. The SMILES string of the molecule is Cc1nsc(-c2nc(C3=CCN(C(=O)O)CC3)c3n2CCN(C(=O)c2ccc(F)cc2)C3C)n1. The van der Waals surface area contributed by atoms with E-state index in [-0.39, 0.29) is 24.3 Å². The molecule has 9 nitrogen and oxygen atoms in total. The molecule has 34 heavy (non-hydrogen) atoms. The number of rotatable bonds is 3. The highest BCUT2D eigenvalue weighted by Gasteiger charge is 2.35. The average molecular weight is 483 g/mol. The summed E-state index contributed by atoms with van der Waals surface area (Å²) in [4.78, 5) is 37.2. The molecule has 0 aliphatic carbocycles. The topological polar surface area (TPSA) is 104 Å². The minimum Gasteiger partial charge on any atom is -0.465 e. The number of carboxylic acid groups (broad SMARTS) is 1. The van der Waals surface area contributed by atoms with Crippen molar-refractivity contribution < 1.29 is 19.1 Å². The first-order valence-corrected chi connectivity index (χ1v) is 11.8. The van der Waals surface area contributed by atoms with Gasteiger partial charge in [-0.3, -0.25) is 4.79 Å². The summed E-state index contributed by atoms with van der Waals surface area (Å²) in [5.41, 5.74) is 3.03. The number of aryl methyl sites for hydroxylation is 1. The Labute approximate surface area is 199 Å². The van der Waals surface area contributed by atoms with E-state index < -0.39 is 6.09 Å². The number of carbonyl (C=O) groups is 2. The van der Waals surface area contributed by atoms with Crippen LogP contribution in [-0.4, -0.2) is 65.4 Å². The van der Waals surface area contributed by atoms with E-state index >= 15 is 0 Å². The van der Waals surface area contributed by atoms with E-state index in [4.69, 9.17) is 4.98 Å². The monoisotopic (exact) mass is 482 g/mol. The number of imidazole rings is 1. The predicted octanol–water partition coefficient (Wildman–Crippen LogP) is 3.83. The van der Waals surface area contributed by atoms with Crippen molar-refractivity contribution in [3.63, 3.8) is 0 Å². The van der Waals surface area contributed by atoms with E-state index in [1.807, 2.05) is 19.9 Å². The van der Waals surface area contributed by atoms with Crippen LogP contribution in [0.25, 0.3) is 16.4 Å². The van der Waals surface area contributed by atoms with Gasteiger partial charge in [0.2, 0.25) is 0 Å².